The Morgan fingerprint density at radius 2 is 1.12 bits per heavy atom. The van der Waals surface area contributed by atoms with Gasteiger partial charge in [0.05, 0.1) is 0 Å². The highest BCUT2D eigenvalue weighted by Gasteiger charge is 2.13. The number of hydrogen-bond donors (Lipinski definition) is 2. The SMILES string of the molecule is CNc1c(CCN(C)C)ccc2ccc(CCN(C)C)c(NC)c12. The zero-order valence-corrected chi connectivity index (χ0v) is 16.0. The third-order valence-corrected chi connectivity index (χ3v) is 4.52. The number of nitrogens with one attached hydrogen (secondary N) is 2. The lowest BCUT2D eigenvalue weighted by atomic mass is 9.96. The fraction of sp³-hybridized carbons (Fsp3) is 0.500. The van der Waals surface area contributed by atoms with Crippen LogP contribution in [0.3, 0.4) is 0 Å². The number of hydrogen-bond acceptors (Lipinski definition) is 4. The Hall–Kier alpha value is -1.78. The highest BCUT2D eigenvalue weighted by Crippen LogP contribution is 2.36. The van der Waals surface area contributed by atoms with Gasteiger partial charge in [-0.05, 0) is 57.5 Å². The molecule has 0 fully saturated rings. The van der Waals surface area contributed by atoms with Gasteiger partial charge in [-0.2, -0.15) is 0 Å². The number of anilines is 2. The van der Waals surface area contributed by atoms with E-state index in [-0.39, 0.29) is 0 Å². The van der Waals surface area contributed by atoms with E-state index in [1.165, 1.54) is 33.3 Å². The topological polar surface area (TPSA) is 30.5 Å². The fourth-order valence-corrected chi connectivity index (χ4v) is 3.18. The number of nitrogens with zero attached hydrogens (tertiary/aromatic N) is 2. The highest BCUT2D eigenvalue weighted by molar-refractivity contribution is 6.05. The summed E-state index contributed by atoms with van der Waals surface area (Å²) in [6.07, 6.45) is 2.09. The van der Waals surface area contributed by atoms with Crippen LogP contribution in [0.2, 0.25) is 0 Å². The van der Waals surface area contributed by atoms with E-state index in [0.29, 0.717) is 0 Å². The summed E-state index contributed by atoms with van der Waals surface area (Å²) in [6.45, 7) is 2.10. The van der Waals surface area contributed by atoms with Crippen molar-refractivity contribution < 1.29 is 0 Å². The quantitative estimate of drug-likeness (QED) is 0.779. The monoisotopic (exact) mass is 328 g/mol. The largest absolute Gasteiger partial charge is 0.387 e. The third kappa shape index (κ3) is 4.19. The van der Waals surface area contributed by atoms with Crippen molar-refractivity contribution in [3.63, 3.8) is 0 Å². The predicted molar refractivity (Wildman–Crippen MR) is 108 cm³/mol. The number of rotatable bonds is 8. The Labute approximate surface area is 146 Å². The molecule has 2 rings (SSSR count). The van der Waals surface area contributed by atoms with Crippen LogP contribution < -0.4 is 10.6 Å². The second-order valence-corrected chi connectivity index (χ2v) is 6.90. The van der Waals surface area contributed by atoms with E-state index in [9.17, 15) is 0 Å². The molecular formula is C20H32N4. The van der Waals surface area contributed by atoms with Crippen LogP contribution >= 0.6 is 0 Å². The van der Waals surface area contributed by atoms with E-state index in [0.717, 1.165) is 25.9 Å². The lowest BCUT2D eigenvalue weighted by Gasteiger charge is -2.20. The average Bonchev–Trinajstić information content (AvgIpc) is 2.56. The second kappa shape index (κ2) is 8.36. The van der Waals surface area contributed by atoms with Crippen molar-refractivity contribution in [3.05, 3.63) is 35.4 Å². The summed E-state index contributed by atoms with van der Waals surface area (Å²) >= 11 is 0. The van der Waals surface area contributed by atoms with Crippen LogP contribution in [0.1, 0.15) is 11.1 Å². The first-order chi connectivity index (χ1) is 11.5. The van der Waals surface area contributed by atoms with Crippen LogP contribution in [-0.4, -0.2) is 65.2 Å². The van der Waals surface area contributed by atoms with Gasteiger partial charge < -0.3 is 20.4 Å². The molecule has 4 nitrogen and oxygen atoms in total. The molecule has 0 heterocycles. The molecule has 2 aromatic rings. The van der Waals surface area contributed by atoms with Gasteiger partial charge >= 0.3 is 0 Å². The molecule has 0 atom stereocenters. The first kappa shape index (κ1) is 18.6. The number of fused-ring (bicyclic) bond motifs is 1. The molecule has 132 valence electrons. The van der Waals surface area contributed by atoms with Gasteiger partial charge in [0, 0.05) is 43.9 Å². The van der Waals surface area contributed by atoms with Crippen molar-refractivity contribution >= 4 is 22.1 Å². The van der Waals surface area contributed by atoms with Crippen molar-refractivity contribution in [2.75, 3.05) is 66.0 Å². The summed E-state index contributed by atoms with van der Waals surface area (Å²) in [4.78, 5) is 4.46. The summed E-state index contributed by atoms with van der Waals surface area (Å²) in [7, 11) is 12.5. The van der Waals surface area contributed by atoms with Gasteiger partial charge in [-0.15, -0.1) is 0 Å². The molecule has 4 heteroatoms. The zero-order chi connectivity index (χ0) is 17.7. The molecule has 0 radical (unpaired) electrons. The van der Waals surface area contributed by atoms with Crippen molar-refractivity contribution in [1.82, 2.24) is 9.80 Å². The number of likely N-dealkylation sites (N-methyl/N-ethyl adjacent to an activating group) is 2. The van der Waals surface area contributed by atoms with E-state index in [2.05, 4.69) is 72.9 Å². The molecule has 0 aliphatic rings. The molecule has 2 aromatic carbocycles. The minimum atomic E-state index is 1.05. The smallest absolute Gasteiger partial charge is 0.0471 e. The maximum Gasteiger partial charge on any atom is 0.0471 e. The van der Waals surface area contributed by atoms with Crippen LogP contribution in [0.15, 0.2) is 24.3 Å². The van der Waals surface area contributed by atoms with Crippen molar-refractivity contribution in [2.45, 2.75) is 12.8 Å². The van der Waals surface area contributed by atoms with E-state index in [1.54, 1.807) is 0 Å². The standard InChI is InChI=1S/C20H32N4/c1-21-19-16(11-13-23(3)4)9-7-15-8-10-17(12-14-24(5)6)20(22-2)18(15)19/h7-10,21-22H,11-14H2,1-6H3. The van der Waals surface area contributed by atoms with Crippen LogP contribution in [0.4, 0.5) is 11.4 Å². The molecule has 0 spiro atoms. The lowest BCUT2D eigenvalue weighted by Crippen LogP contribution is -2.16. The van der Waals surface area contributed by atoms with Gasteiger partial charge in [0.25, 0.3) is 0 Å². The van der Waals surface area contributed by atoms with Gasteiger partial charge in [-0.25, -0.2) is 0 Å². The summed E-state index contributed by atoms with van der Waals surface area (Å²) in [5, 5.41) is 9.52. The summed E-state index contributed by atoms with van der Waals surface area (Å²) in [5.41, 5.74) is 5.26. The molecule has 0 saturated carbocycles. The molecule has 0 saturated heterocycles. The first-order valence-electron chi connectivity index (χ1n) is 8.70. The zero-order valence-electron chi connectivity index (χ0n) is 16.0. The molecule has 0 bridgehead atoms. The van der Waals surface area contributed by atoms with Gasteiger partial charge in [0.15, 0.2) is 0 Å². The van der Waals surface area contributed by atoms with Gasteiger partial charge in [-0.1, -0.05) is 24.3 Å². The molecule has 0 unspecified atom stereocenters. The molecule has 0 aromatic heterocycles. The minimum absolute atomic E-state index is 1.05. The Balaban J connectivity index is 2.53. The normalized spacial score (nSPS) is 11.5. The Morgan fingerprint density at radius 1 is 0.708 bits per heavy atom. The van der Waals surface area contributed by atoms with Crippen LogP contribution in [0.5, 0.6) is 0 Å². The summed E-state index contributed by atoms with van der Waals surface area (Å²) in [6, 6.07) is 9.02. The average molecular weight is 329 g/mol. The first-order valence-corrected chi connectivity index (χ1v) is 8.70. The molecular weight excluding hydrogens is 296 g/mol. The van der Waals surface area contributed by atoms with Crippen LogP contribution in [0, 0.1) is 0 Å². The third-order valence-electron chi connectivity index (χ3n) is 4.52. The lowest BCUT2D eigenvalue weighted by molar-refractivity contribution is 0.414. The fourth-order valence-electron chi connectivity index (χ4n) is 3.18. The molecule has 24 heavy (non-hydrogen) atoms. The van der Waals surface area contributed by atoms with E-state index in [4.69, 9.17) is 0 Å². The van der Waals surface area contributed by atoms with Gasteiger partial charge in [-0.3, -0.25) is 0 Å². The Kier molecular flexibility index (Phi) is 6.46. The molecule has 0 amide bonds. The Morgan fingerprint density at radius 3 is 1.46 bits per heavy atom. The van der Waals surface area contributed by atoms with E-state index in [1.807, 2.05) is 14.1 Å². The maximum absolute atomic E-state index is 3.46. The molecule has 0 aliphatic carbocycles. The van der Waals surface area contributed by atoms with Gasteiger partial charge in [0.1, 0.15) is 0 Å². The minimum Gasteiger partial charge on any atom is -0.387 e. The maximum atomic E-state index is 3.46. The van der Waals surface area contributed by atoms with Gasteiger partial charge in [0.2, 0.25) is 0 Å². The van der Waals surface area contributed by atoms with E-state index < -0.39 is 0 Å². The predicted octanol–water partition coefficient (Wildman–Crippen LogP) is 3.13. The molecule has 2 N–H and O–H groups in total. The van der Waals surface area contributed by atoms with E-state index >= 15 is 0 Å². The molecule has 0 aliphatic heterocycles. The summed E-state index contributed by atoms with van der Waals surface area (Å²) in [5.74, 6) is 0. The van der Waals surface area contributed by atoms with Crippen LogP contribution in [-0.2, 0) is 12.8 Å². The Bertz CT molecular complexity index is 622. The van der Waals surface area contributed by atoms with Crippen molar-refractivity contribution in [3.8, 4) is 0 Å². The van der Waals surface area contributed by atoms with Crippen molar-refractivity contribution in [2.24, 2.45) is 0 Å². The second-order valence-electron chi connectivity index (χ2n) is 6.90. The van der Waals surface area contributed by atoms with Crippen LogP contribution in [0.25, 0.3) is 10.8 Å². The highest BCUT2D eigenvalue weighted by atomic mass is 15.1. The van der Waals surface area contributed by atoms with Crippen molar-refractivity contribution in [1.29, 1.82) is 0 Å². The number of benzene rings is 2. The summed E-state index contributed by atoms with van der Waals surface area (Å²) < 4.78 is 0.